The molecule has 0 amide bonds. The predicted molar refractivity (Wildman–Crippen MR) is 121 cm³/mol. The molecule has 1 saturated heterocycles. The number of hydrogen-bond acceptors (Lipinski definition) is 6. The number of aromatic nitrogens is 3. The number of fused-ring (bicyclic) bond motifs is 2. The molecule has 2 aliphatic rings. The van der Waals surface area contributed by atoms with Crippen molar-refractivity contribution in [3.8, 4) is 11.3 Å². The maximum absolute atomic E-state index is 5.61. The van der Waals surface area contributed by atoms with Gasteiger partial charge in [0.1, 0.15) is 0 Å². The molecule has 1 atom stereocenters. The molecule has 29 heavy (non-hydrogen) atoms. The summed E-state index contributed by atoms with van der Waals surface area (Å²) in [5.41, 5.74) is 5.53. The molecule has 0 spiro atoms. The van der Waals surface area contributed by atoms with Gasteiger partial charge in [-0.2, -0.15) is 13.5 Å². The smallest absolute Gasteiger partial charge is 0.226 e. The van der Waals surface area contributed by atoms with Gasteiger partial charge in [0.05, 0.1) is 36.2 Å². The lowest BCUT2D eigenvalue weighted by Gasteiger charge is -2.34. The third-order valence-electron chi connectivity index (χ3n) is 5.66. The molecule has 0 unspecified atom stereocenters. The van der Waals surface area contributed by atoms with Gasteiger partial charge in [-0.05, 0) is 32.0 Å². The monoisotopic (exact) mass is 409 g/mol. The summed E-state index contributed by atoms with van der Waals surface area (Å²) in [5.74, 6) is 0.819. The summed E-state index contributed by atoms with van der Waals surface area (Å²) in [4.78, 5) is 17.0. The lowest BCUT2D eigenvalue weighted by Crippen LogP contribution is -2.44. The van der Waals surface area contributed by atoms with Crippen molar-refractivity contribution in [2.45, 2.75) is 25.8 Å². The van der Waals surface area contributed by atoms with Gasteiger partial charge >= 0.3 is 0 Å². The average molecular weight is 410 g/mol. The number of para-hydroxylation sites is 1. The highest BCUT2D eigenvalue weighted by Gasteiger charge is 2.25. The van der Waals surface area contributed by atoms with Crippen molar-refractivity contribution in [3.05, 3.63) is 47.8 Å². The normalized spacial score (nSPS) is 19.3. The van der Waals surface area contributed by atoms with Gasteiger partial charge in [-0.3, -0.25) is 4.98 Å². The Morgan fingerprint density at radius 1 is 1.14 bits per heavy atom. The molecule has 1 aromatic carbocycles. The van der Waals surface area contributed by atoms with Crippen molar-refractivity contribution in [2.75, 3.05) is 37.7 Å². The summed E-state index contributed by atoms with van der Waals surface area (Å²) in [7, 11) is 0. The van der Waals surface area contributed by atoms with Crippen LogP contribution in [0.4, 0.5) is 5.95 Å². The standard InChI is InChI=1S/C22H25N5O.H2S/c1-15-14-28-11-10-27(15)22-25-20-7-9-23-8-6-18(20)21(26-22)17-12-16-4-2-3-5-19(16)24-13-17;/h2-5,12-13,15,23H,6-11,14H2,1H3;1H2/t15-;/m0./s1. The van der Waals surface area contributed by atoms with Crippen molar-refractivity contribution in [3.63, 3.8) is 0 Å². The van der Waals surface area contributed by atoms with Gasteiger partial charge in [0.25, 0.3) is 0 Å². The number of rotatable bonds is 2. The maximum Gasteiger partial charge on any atom is 0.226 e. The number of morpholine rings is 1. The molecule has 7 heteroatoms. The number of hydrogen-bond donors (Lipinski definition) is 1. The van der Waals surface area contributed by atoms with Crippen LogP contribution in [0, 0.1) is 0 Å². The van der Waals surface area contributed by atoms with Gasteiger partial charge in [0, 0.05) is 42.2 Å². The minimum atomic E-state index is 0. The van der Waals surface area contributed by atoms with E-state index in [1.54, 1.807) is 0 Å². The zero-order valence-corrected chi connectivity index (χ0v) is 17.7. The van der Waals surface area contributed by atoms with Gasteiger partial charge in [-0.25, -0.2) is 9.97 Å². The Bertz CT molecular complexity index is 1010. The second-order valence-corrected chi connectivity index (χ2v) is 7.58. The van der Waals surface area contributed by atoms with Gasteiger partial charge in [0.15, 0.2) is 0 Å². The number of anilines is 1. The second-order valence-electron chi connectivity index (χ2n) is 7.58. The molecular formula is C22H27N5OS. The number of nitrogens with one attached hydrogen (secondary N) is 1. The molecule has 0 aliphatic carbocycles. The molecule has 5 rings (SSSR count). The summed E-state index contributed by atoms with van der Waals surface area (Å²) < 4.78 is 5.61. The molecule has 0 radical (unpaired) electrons. The van der Waals surface area contributed by atoms with Gasteiger partial charge < -0.3 is 15.0 Å². The Morgan fingerprint density at radius 3 is 2.90 bits per heavy atom. The van der Waals surface area contributed by atoms with Crippen LogP contribution in [-0.2, 0) is 17.6 Å². The maximum atomic E-state index is 5.61. The van der Waals surface area contributed by atoms with E-state index in [-0.39, 0.29) is 19.5 Å². The van der Waals surface area contributed by atoms with Crippen LogP contribution in [0.2, 0.25) is 0 Å². The second kappa shape index (κ2) is 8.65. The van der Waals surface area contributed by atoms with Crippen LogP contribution in [-0.4, -0.2) is 53.8 Å². The van der Waals surface area contributed by atoms with Crippen LogP contribution in [0.1, 0.15) is 18.2 Å². The molecular weight excluding hydrogens is 382 g/mol. The first-order valence-electron chi connectivity index (χ1n) is 10.1. The summed E-state index contributed by atoms with van der Waals surface area (Å²) in [5, 5.41) is 4.63. The first-order valence-corrected chi connectivity index (χ1v) is 10.1. The first kappa shape index (κ1) is 20.1. The molecule has 1 N–H and O–H groups in total. The van der Waals surface area contributed by atoms with E-state index in [9.17, 15) is 0 Å². The molecule has 0 saturated carbocycles. The van der Waals surface area contributed by atoms with Crippen molar-refractivity contribution < 1.29 is 4.74 Å². The molecule has 2 aliphatic heterocycles. The molecule has 6 nitrogen and oxygen atoms in total. The van der Waals surface area contributed by atoms with E-state index >= 15 is 0 Å². The van der Waals surface area contributed by atoms with Crippen LogP contribution >= 0.6 is 13.5 Å². The number of benzene rings is 1. The van der Waals surface area contributed by atoms with Crippen molar-refractivity contribution in [1.29, 1.82) is 0 Å². The molecule has 3 aromatic rings. The highest BCUT2D eigenvalue weighted by Crippen LogP contribution is 2.30. The Hall–Kier alpha value is -2.22. The fourth-order valence-electron chi connectivity index (χ4n) is 4.12. The highest BCUT2D eigenvalue weighted by atomic mass is 32.1. The largest absolute Gasteiger partial charge is 0.377 e. The van der Waals surface area contributed by atoms with Crippen LogP contribution in [0.5, 0.6) is 0 Å². The third kappa shape index (κ3) is 3.95. The fourth-order valence-corrected chi connectivity index (χ4v) is 4.12. The molecule has 2 aromatic heterocycles. The van der Waals surface area contributed by atoms with Crippen LogP contribution in [0.3, 0.4) is 0 Å². The van der Waals surface area contributed by atoms with Gasteiger partial charge in [0.2, 0.25) is 5.95 Å². The predicted octanol–water partition coefficient (Wildman–Crippen LogP) is 2.72. The Morgan fingerprint density at radius 2 is 2.00 bits per heavy atom. The van der Waals surface area contributed by atoms with E-state index in [1.165, 1.54) is 5.56 Å². The number of nitrogens with zero attached hydrogens (tertiary/aromatic N) is 4. The van der Waals surface area contributed by atoms with E-state index in [1.807, 2.05) is 18.3 Å². The van der Waals surface area contributed by atoms with Gasteiger partial charge in [-0.15, -0.1) is 0 Å². The zero-order valence-electron chi connectivity index (χ0n) is 16.7. The van der Waals surface area contributed by atoms with Crippen molar-refractivity contribution >= 4 is 30.3 Å². The topological polar surface area (TPSA) is 63.2 Å². The first-order chi connectivity index (χ1) is 13.8. The number of pyridine rings is 1. The Balaban J connectivity index is 0.00000205. The summed E-state index contributed by atoms with van der Waals surface area (Å²) in [6, 6.07) is 10.7. The van der Waals surface area contributed by atoms with Crippen LogP contribution in [0.15, 0.2) is 36.5 Å². The molecule has 0 bridgehead atoms. The highest BCUT2D eigenvalue weighted by molar-refractivity contribution is 7.59. The third-order valence-corrected chi connectivity index (χ3v) is 5.66. The summed E-state index contributed by atoms with van der Waals surface area (Å²) in [6.07, 6.45) is 3.82. The molecule has 152 valence electrons. The zero-order chi connectivity index (χ0) is 18.9. The lowest BCUT2D eigenvalue weighted by molar-refractivity contribution is 0.0980. The van der Waals surface area contributed by atoms with Crippen molar-refractivity contribution in [1.82, 2.24) is 20.3 Å². The van der Waals surface area contributed by atoms with Crippen LogP contribution < -0.4 is 10.2 Å². The summed E-state index contributed by atoms with van der Waals surface area (Å²) in [6.45, 7) is 6.35. The Labute approximate surface area is 178 Å². The lowest BCUT2D eigenvalue weighted by atomic mass is 10.0. The fraction of sp³-hybridized carbons (Fsp3) is 0.409. The van der Waals surface area contributed by atoms with Crippen molar-refractivity contribution in [2.24, 2.45) is 0 Å². The van der Waals surface area contributed by atoms with E-state index in [0.717, 1.165) is 79.5 Å². The minimum Gasteiger partial charge on any atom is -0.377 e. The summed E-state index contributed by atoms with van der Waals surface area (Å²) >= 11 is 0. The quantitative estimate of drug-likeness (QED) is 0.702. The van der Waals surface area contributed by atoms with E-state index in [2.05, 4.69) is 40.3 Å². The molecule has 1 fully saturated rings. The van der Waals surface area contributed by atoms with Gasteiger partial charge in [-0.1, -0.05) is 18.2 Å². The Kier molecular flexibility index (Phi) is 5.99. The number of ether oxygens (including phenoxy) is 1. The SMILES string of the molecule is C[C@H]1COCCN1c1nc2c(c(-c3cnc4ccccc4c3)n1)CCNCC2.S. The van der Waals surface area contributed by atoms with E-state index in [4.69, 9.17) is 14.7 Å². The average Bonchev–Trinajstić information content (AvgIpc) is 2.98. The van der Waals surface area contributed by atoms with Crippen LogP contribution in [0.25, 0.3) is 22.2 Å². The molecule has 4 heterocycles. The van der Waals surface area contributed by atoms with E-state index < -0.39 is 0 Å². The minimum absolute atomic E-state index is 0. The van der Waals surface area contributed by atoms with E-state index in [0.29, 0.717) is 0 Å².